The van der Waals surface area contributed by atoms with Crippen LogP contribution in [-0.2, 0) is 21.2 Å². The minimum absolute atomic E-state index is 0.0594. The van der Waals surface area contributed by atoms with Crippen LogP contribution in [0.2, 0.25) is 0 Å². The molecule has 4 rings (SSSR count). The zero-order valence-electron chi connectivity index (χ0n) is 18.3. The molecule has 0 radical (unpaired) electrons. The van der Waals surface area contributed by atoms with Gasteiger partial charge in [-0.15, -0.1) is 10.2 Å². The van der Waals surface area contributed by atoms with Crippen LogP contribution in [0, 0.1) is 6.92 Å². The van der Waals surface area contributed by atoms with Gasteiger partial charge in [0.25, 0.3) is 0 Å². The minimum Gasteiger partial charge on any atom is -0.469 e. The van der Waals surface area contributed by atoms with E-state index in [9.17, 15) is 13.2 Å². The lowest BCUT2D eigenvalue weighted by molar-refractivity contribution is -0.118. The molecule has 9 nitrogen and oxygen atoms in total. The van der Waals surface area contributed by atoms with Crippen LogP contribution in [0.15, 0.2) is 81.4 Å². The summed E-state index contributed by atoms with van der Waals surface area (Å²) in [4.78, 5) is 12.5. The van der Waals surface area contributed by atoms with Crippen molar-refractivity contribution in [3.63, 3.8) is 0 Å². The summed E-state index contributed by atoms with van der Waals surface area (Å²) < 4.78 is 30.0. The van der Waals surface area contributed by atoms with E-state index in [1.54, 1.807) is 18.4 Å². The van der Waals surface area contributed by atoms with Crippen LogP contribution in [0.3, 0.4) is 0 Å². The van der Waals surface area contributed by atoms with Crippen LogP contribution in [0.4, 0.5) is 0 Å². The molecule has 0 aliphatic carbocycles. The number of carbonyl (C=O) groups excluding carboxylic acids is 1. The monoisotopic (exact) mass is 497 g/mol. The Bertz CT molecular complexity index is 1380. The molecule has 0 atom stereocenters. The van der Waals surface area contributed by atoms with E-state index in [2.05, 4.69) is 15.5 Å². The van der Waals surface area contributed by atoms with Crippen molar-refractivity contribution in [2.45, 2.75) is 23.4 Å². The van der Waals surface area contributed by atoms with Crippen molar-refractivity contribution in [2.24, 2.45) is 5.14 Å². The van der Waals surface area contributed by atoms with Gasteiger partial charge in [0.1, 0.15) is 5.76 Å². The van der Waals surface area contributed by atoms with Gasteiger partial charge in [-0.1, -0.05) is 42.1 Å². The summed E-state index contributed by atoms with van der Waals surface area (Å²) in [5.74, 6) is 1.40. The molecule has 4 aromatic rings. The van der Waals surface area contributed by atoms with Crippen LogP contribution in [0.25, 0.3) is 17.1 Å². The SMILES string of the molecule is Cc1occc1-c1nnc(SCC(=O)NCCc2ccc(S(N)(=O)=O)cc2)n1-c1ccccc1. The number of aromatic nitrogens is 3. The highest BCUT2D eigenvalue weighted by Crippen LogP contribution is 2.30. The Morgan fingerprint density at radius 3 is 2.47 bits per heavy atom. The van der Waals surface area contributed by atoms with Gasteiger partial charge < -0.3 is 9.73 Å². The van der Waals surface area contributed by atoms with Crippen molar-refractivity contribution in [3.8, 4) is 17.1 Å². The maximum atomic E-state index is 12.4. The van der Waals surface area contributed by atoms with E-state index >= 15 is 0 Å². The first kappa shape index (κ1) is 23.7. The molecular formula is C23H23N5O4S2. The number of nitrogens with one attached hydrogen (secondary N) is 1. The highest BCUT2D eigenvalue weighted by atomic mass is 32.2. The Kier molecular flexibility index (Phi) is 7.15. The number of carbonyl (C=O) groups is 1. The molecule has 0 fully saturated rings. The fraction of sp³-hybridized carbons (Fsp3) is 0.174. The van der Waals surface area contributed by atoms with Gasteiger partial charge in [-0.2, -0.15) is 0 Å². The number of thioether (sulfide) groups is 1. The standard InChI is InChI=1S/C23H23N5O4S2/c1-16-20(12-14-32-16)22-26-27-23(28(22)18-5-3-2-4-6-18)33-15-21(29)25-13-11-17-7-9-19(10-8-17)34(24,30)31/h2-10,12,14H,11,13,15H2,1H3,(H,25,29)(H2,24,30,31). The summed E-state index contributed by atoms with van der Waals surface area (Å²) in [6.45, 7) is 2.28. The predicted molar refractivity (Wildman–Crippen MR) is 129 cm³/mol. The highest BCUT2D eigenvalue weighted by Gasteiger charge is 2.19. The molecule has 2 heterocycles. The lowest BCUT2D eigenvalue weighted by Gasteiger charge is -2.10. The Balaban J connectivity index is 1.39. The average molecular weight is 498 g/mol. The van der Waals surface area contributed by atoms with E-state index < -0.39 is 10.0 Å². The predicted octanol–water partition coefficient (Wildman–Crippen LogP) is 2.93. The topological polar surface area (TPSA) is 133 Å². The zero-order chi connectivity index (χ0) is 24.1. The second-order valence-electron chi connectivity index (χ2n) is 7.45. The van der Waals surface area contributed by atoms with Crippen molar-refractivity contribution >= 4 is 27.7 Å². The van der Waals surface area contributed by atoms with Crippen molar-refractivity contribution in [1.29, 1.82) is 0 Å². The number of furan rings is 1. The number of hydrogen-bond acceptors (Lipinski definition) is 7. The summed E-state index contributed by atoms with van der Waals surface area (Å²) in [6, 6.07) is 17.8. The van der Waals surface area contributed by atoms with Gasteiger partial charge in [-0.3, -0.25) is 9.36 Å². The number of benzene rings is 2. The average Bonchev–Trinajstić information content (AvgIpc) is 3.43. The quantitative estimate of drug-likeness (QED) is 0.340. The van der Waals surface area contributed by atoms with Gasteiger partial charge in [-0.05, 0) is 49.2 Å². The lowest BCUT2D eigenvalue weighted by atomic mass is 10.1. The summed E-state index contributed by atoms with van der Waals surface area (Å²) in [5.41, 5.74) is 2.61. The number of nitrogens with two attached hydrogens (primary N) is 1. The Hall–Kier alpha value is -3.41. The molecule has 0 unspecified atom stereocenters. The Morgan fingerprint density at radius 1 is 1.09 bits per heavy atom. The van der Waals surface area contributed by atoms with Crippen LogP contribution < -0.4 is 10.5 Å². The Labute approximate surface area is 201 Å². The number of amides is 1. The highest BCUT2D eigenvalue weighted by molar-refractivity contribution is 7.99. The number of primary sulfonamides is 1. The molecule has 11 heteroatoms. The normalized spacial score (nSPS) is 11.5. The van der Waals surface area contributed by atoms with Gasteiger partial charge >= 0.3 is 0 Å². The fourth-order valence-electron chi connectivity index (χ4n) is 3.34. The first-order valence-electron chi connectivity index (χ1n) is 10.4. The van der Waals surface area contributed by atoms with Crippen LogP contribution in [-0.4, -0.2) is 41.4 Å². The van der Waals surface area contributed by atoms with E-state index in [1.807, 2.05) is 47.9 Å². The van der Waals surface area contributed by atoms with Crippen molar-refractivity contribution in [3.05, 3.63) is 78.3 Å². The van der Waals surface area contributed by atoms with Gasteiger partial charge in [0.15, 0.2) is 11.0 Å². The van der Waals surface area contributed by atoms with Crippen molar-refractivity contribution < 1.29 is 17.6 Å². The third-order valence-corrected chi connectivity index (χ3v) is 6.93. The molecule has 2 aromatic carbocycles. The molecule has 176 valence electrons. The van der Waals surface area contributed by atoms with Gasteiger partial charge in [0.2, 0.25) is 15.9 Å². The van der Waals surface area contributed by atoms with E-state index in [0.717, 1.165) is 22.6 Å². The number of aryl methyl sites for hydroxylation is 1. The number of rotatable bonds is 9. The molecular weight excluding hydrogens is 474 g/mol. The fourth-order valence-corrected chi connectivity index (χ4v) is 4.64. The maximum absolute atomic E-state index is 12.4. The molecule has 0 bridgehead atoms. The van der Waals surface area contributed by atoms with E-state index in [-0.39, 0.29) is 16.6 Å². The Morgan fingerprint density at radius 2 is 1.82 bits per heavy atom. The van der Waals surface area contributed by atoms with Crippen LogP contribution >= 0.6 is 11.8 Å². The van der Waals surface area contributed by atoms with Crippen LogP contribution in [0.5, 0.6) is 0 Å². The third-order valence-electron chi connectivity index (χ3n) is 5.07. The number of sulfonamides is 1. The van der Waals surface area contributed by atoms with Gasteiger partial charge in [0, 0.05) is 12.2 Å². The lowest BCUT2D eigenvalue weighted by Crippen LogP contribution is -2.27. The van der Waals surface area contributed by atoms with Crippen molar-refractivity contribution in [2.75, 3.05) is 12.3 Å². The number of para-hydroxylation sites is 1. The largest absolute Gasteiger partial charge is 0.469 e. The second-order valence-corrected chi connectivity index (χ2v) is 9.95. The first-order chi connectivity index (χ1) is 16.3. The molecule has 34 heavy (non-hydrogen) atoms. The summed E-state index contributed by atoms with van der Waals surface area (Å²) in [6.07, 6.45) is 2.17. The molecule has 3 N–H and O–H groups in total. The smallest absolute Gasteiger partial charge is 0.238 e. The van der Waals surface area contributed by atoms with Crippen molar-refractivity contribution in [1.82, 2.24) is 20.1 Å². The molecule has 2 aromatic heterocycles. The minimum atomic E-state index is -3.72. The summed E-state index contributed by atoms with van der Waals surface area (Å²) in [7, 11) is -3.72. The molecule has 0 spiro atoms. The number of nitrogens with zero attached hydrogens (tertiary/aromatic N) is 3. The molecule has 0 saturated carbocycles. The molecule has 0 aliphatic rings. The summed E-state index contributed by atoms with van der Waals surface area (Å²) >= 11 is 1.29. The van der Waals surface area contributed by atoms with Gasteiger partial charge in [0.05, 0.1) is 22.5 Å². The van der Waals surface area contributed by atoms with E-state index in [0.29, 0.717) is 23.9 Å². The van der Waals surface area contributed by atoms with E-state index in [4.69, 9.17) is 9.56 Å². The maximum Gasteiger partial charge on any atom is 0.238 e. The van der Waals surface area contributed by atoms with E-state index in [1.165, 1.54) is 23.9 Å². The zero-order valence-corrected chi connectivity index (χ0v) is 20.0. The van der Waals surface area contributed by atoms with Crippen LogP contribution in [0.1, 0.15) is 11.3 Å². The molecule has 1 amide bonds. The molecule has 0 saturated heterocycles. The number of hydrogen-bond donors (Lipinski definition) is 2. The third kappa shape index (κ3) is 5.56. The molecule has 0 aliphatic heterocycles. The summed E-state index contributed by atoms with van der Waals surface area (Å²) in [5, 5.41) is 17.2. The first-order valence-corrected chi connectivity index (χ1v) is 12.9. The second kappa shape index (κ2) is 10.2. The van der Waals surface area contributed by atoms with Gasteiger partial charge in [-0.25, -0.2) is 13.6 Å².